The molecule has 5 rings (SSSR count). The molecule has 4 aromatic rings. The zero-order valence-electron chi connectivity index (χ0n) is 12.6. The van der Waals surface area contributed by atoms with Gasteiger partial charge in [0, 0.05) is 20.8 Å². The van der Waals surface area contributed by atoms with E-state index >= 15 is 0 Å². The highest BCUT2D eigenvalue weighted by molar-refractivity contribution is 7.22. The van der Waals surface area contributed by atoms with Crippen molar-refractivity contribution in [1.29, 1.82) is 5.26 Å². The quantitative estimate of drug-likeness (QED) is 0.529. The molecule has 3 aromatic heterocycles. The number of aromatic nitrogens is 2. The van der Waals surface area contributed by atoms with E-state index in [-0.39, 0.29) is 0 Å². The number of aromatic amines is 1. The molecule has 24 heavy (non-hydrogen) atoms. The van der Waals surface area contributed by atoms with Crippen molar-refractivity contribution >= 4 is 37.8 Å². The topological polar surface area (TPSA) is 78.5 Å². The molecule has 6 heteroatoms. The summed E-state index contributed by atoms with van der Waals surface area (Å²) in [7, 11) is 0. The summed E-state index contributed by atoms with van der Waals surface area (Å²) >= 11 is 3.25. The molecule has 0 unspecified atom stereocenters. The minimum absolute atomic E-state index is 0.610. The average molecular weight is 348 g/mol. The zero-order chi connectivity index (χ0) is 16.3. The lowest BCUT2D eigenvalue weighted by Crippen LogP contribution is -2.02. The van der Waals surface area contributed by atoms with Crippen LogP contribution < -0.4 is 5.73 Å². The number of nitrogens with one attached hydrogen (secondary N) is 1. The highest BCUT2D eigenvalue weighted by Gasteiger charge is 2.29. The number of hydrogen-bond acceptors (Lipinski definition) is 5. The molecule has 0 spiro atoms. The van der Waals surface area contributed by atoms with Crippen LogP contribution in [0.2, 0.25) is 0 Å². The van der Waals surface area contributed by atoms with Crippen molar-refractivity contribution < 1.29 is 0 Å². The molecule has 0 fully saturated rings. The second-order valence-corrected chi connectivity index (χ2v) is 7.97. The molecular weight excluding hydrogens is 336 g/mol. The summed E-state index contributed by atoms with van der Waals surface area (Å²) in [4.78, 5) is 2.25. The molecule has 1 aliphatic rings. The largest absolute Gasteiger partial charge is 0.389 e. The first kappa shape index (κ1) is 13.8. The van der Waals surface area contributed by atoms with Gasteiger partial charge in [-0.3, -0.25) is 5.10 Å². The summed E-state index contributed by atoms with van der Waals surface area (Å²) in [5.41, 5.74) is 11.0. The number of nitrogens with zero attached hydrogens (tertiary/aromatic N) is 2. The molecule has 0 saturated carbocycles. The monoisotopic (exact) mass is 348 g/mol. The van der Waals surface area contributed by atoms with Crippen LogP contribution in [-0.2, 0) is 12.8 Å². The molecule has 0 radical (unpaired) electrons. The zero-order valence-corrected chi connectivity index (χ0v) is 14.2. The summed E-state index contributed by atoms with van der Waals surface area (Å²) in [6.45, 7) is 0. The van der Waals surface area contributed by atoms with Gasteiger partial charge in [-0.05, 0) is 35.9 Å². The van der Waals surface area contributed by atoms with E-state index in [4.69, 9.17) is 5.73 Å². The second kappa shape index (κ2) is 4.94. The first-order valence-electron chi connectivity index (χ1n) is 7.64. The van der Waals surface area contributed by atoms with Crippen LogP contribution >= 0.6 is 22.7 Å². The number of nitrogen functional groups attached to an aromatic ring is 1. The number of anilines is 1. The van der Waals surface area contributed by atoms with Gasteiger partial charge in [-0.2, -0.15) is 10.4 Å². The maximum absolute atomic E-state index is 9.40. The predicted molar refractivity (Wildman–Crippen MR) is 99.3 cm³/mol. The van der Waals surface area contributed by atoms with Crippen LogP contribution in [0.15, 0.2) is 30.3 Å². The molecular formula is C18H12N4S2. The third-order valence-corrected chi connectivity index (χ3v) is 6.70. The smallest absolute Gasteiger partial charge is 0.111 e. The molecule has 0 aliphatic heterocycles. The highest BCUT2D eigenvalue weighted by Crippen LogP contribution is 2.48. The number of H-pyrrole nitrogens is 1. The molecule has 0 amide bonds. The fourth-order valence-electron chi connectivity index (χ4n) is 3.38. The minimum Gasteiger partial charge on any atom is -0.389 e. The Hall–Kier alpha value is -2.62. The normalized spacial score (nSPS) is 12.8. The minimum atomic E-state index is 0.610. The van der Waals surface area contributed by atoms with Crippen LogP contribution in [0.25, 0.3) is 31.1 Å². The Morgan fingerprint density at radius 1 is 1.21 bits per heavy atom. The first-order valence-corrected chi connectivity index (χ1v) is 9.27. The maximum atomic E-state index is 9.40. The van der Waals surface area contributed by atoms with Crippen molar-refractivity contribution in [2.45, 2.75) is 12.8 Å². The maximum Gasteiger partial charge on any atom is 0.111 e. The number of fused-ring (bicyclic) bond motifs is 4. The standard InChI is InChI=1S/C18H12N4S2/c19-8-11-10-5-6-12-15(17(10)24-18(11)20)16(22-21-12)14-7-9-3-1-2-4-13(9)23-14/h1-4,7H,5-6,20H2,(H,21,22). The number of hydrogen-bond donors (Lipinski definition) is 2. The summed E-state index contributed by atoms with van der Waals surface area (Å²) in [5, 5.41) is 19.0. The van der Waals surface area contributed by atoms with Crippen molar-refractivity contribution in [1.82, 2.24) is 10.2 Å². The van der Waals surface area contributed by atoms with Gasteiger partial charge in [-0.15, -0.1) is 22.7 Å². The van der Waals surface area contributed by atoms with Crippen molar-refractivity contribution in [3.63, 3.8) is 0 Å². The number of rotatable bonds is 1. The van der Waals surface area contributed by atoms with Crippen LogP contribution in [0.4, 0.5) is 5.00 Å². The Balaban J connectivity index is 1.76. The molecule has 1 aliphatic carbocycles. The van der Waals surface area contributed by atoms with Crippen LogP contribution in [0.1, 0.15) is 16.8 Å². The SMILES string of the molecule is N#Cc1c(N)sc2c1CCc1[nH]nc(-c3cc4ccccc4s3)c1-2. The van der Waals surface area contributed by atoms with Crippen molar-refractivity contribution in [3.8, 4) is 27.1 Å². The lowest BCUT2D eigenvalue weighted by molar-refractivity contribution is 0.885. The van der Waals surface area contributed by atoms with Gasteiger partial charge < -0.3 is 5.73 Å². The summed E-state index contributed by atoms with van der Waals surface area (Å²) in [5.74, 6) is 0. The number of nitrogens with two attached hydrogens (primary N) is 1. The fourth-order valence-corrected chi connectivity index (χ4v) is 5.58. The molecule has 3 N–H and O–H groups in total. The number of thiophene rings is 2. The Labute approximate surface area is 146 Å². The van der Waals surface area contributed by atoms with Gasteiger partial charge in [0.25, 0.3) is 0 Å². The van der Waals surface area contributed by atoms with Gasteiger partial charge >= 0.3 is 0 Å². The van der Waals surface area contributed by atoms with Crippen LogP contribution in [-0.4, -0.2) is 10.2 Å². The summed E-state index contributed by atoms with van der Waals surface area (Å²) < 4.78 is 1.25. The van der Waals surface area contributed by atoms with Gasteiger partial charge in [0.05, 0.1) is 10.4 Å². The Morgan fingerprint density at radius 3 is 2.92 bits per heavy atom. The molecule has 116 valence electrons. The van der Waals surface area contributed by atoms with Gasteiger partial charge in [-0.25, -0.2) is 0 Å². The van der Waals surface area contributed by atoms with E-state index < -0.39 is 0 Å². The van der Waals surface area contributed by atoms with E-state index in [1.54, 1.807) is 11.3 Å². The van der Waals surface area contributed by atoms with Crippen LogP contribution in [0, 0.1) is 11.3 Å². The van der Waals surface area contributed by atoms with Crippen molar-refractivity contribution in [2.75, 3.05) is 5.73 Å². The average Bonchev–Trinajstić information content (AvgIpc) is 3.27. The molecule has 0 atom stereocenters. The third-order valence-electron chi connectivity index (χ3n) is 4.50. The van der Waals surface area contributed by atoms with Crippen LogP contribution in [0.5, 0.6) is 0 Å². The molecule has 1 aromatic carbocycles. The highest BCUT2D eigenvalue weighted by atomic mass is 32.1. The first-order chi connectivity index (χ1) is 11.8. The second-order valence-electron chi connectivity index (χ2n) is 5.84. The van der Waals surface area contributed by atoms with E-state index in [0.717, 1.165) is 45.1 Å². The molecule has 0 saturated heterocycles. The lowest BCUT2D eigenvalue weighted by atomic mass is 9.92. The Morgan fingerprint density at radius 2 is 2.08 bits per heavy atom. The number of benzene rings is 1. The number of nitriles is 1. The van der Waals surface area contributed by atoms with E-state index in [9.17, 15) is 5.26 Å². The van der Waals surface area contributed by atoms with Crippen molar-refractivity contribution in [2.24, 2.45) is 0 Å². The van der Waals surface area contributed by atoms with Gasteiger partial charge in [0.2, 0.25) is 0 Å². The fraction of sp³-hybridized carbons (Fsp3) is 0.111. The summed E-state index contributed by atoms with van der Waals surface area (Å²) in [6.07, 6.45) is 1.71. The van der Waals surface area contributed by atoms with E-state index in [2.05, 4.69) is 46.6 Å². The Bertz CT molecular complexity index is 1110. The number of aryl methyl sites for hydroxylation is 1. The lowest BCUT2D eigenvalue weighted by Gasteiger charge is -2.12. The van der Waals surface area contributed by atoms with Crippen LogP contribution in [0.3, 0.4) is 0 Å². The van der Waals surface area contributed by atoms with E-state index in [1.807, 2.05) is 0 Å². The molecule has 0 bridgehead atoms. The Kier molecular flexibility index (Phi) is 2.84. The van der Waals surface area contributed by atoms with Gasteiger partial charge in [0.1, 0.15) is 16.8 Å². The van der Waals surface area contributed by atoms with Crippen molar-refractivity contribution in [3.05, 3.63) is 47.2 Å². The van der Waals surface area contributed by atoms with E-state index in [0.29, 0.717) is 10.6 Å². The molecule has 3 heterocycles. The van der Waals surface area contributed by atoms with Gasteiger partial charge in [-0.1, -0.05) is 18.2 Å². The molecule has 4 nitrogen and oxygen atoms in total. The third kappa shape index (κ3) is 1.80. The summed E-state index contributed by atoms with van der Waals surface area (Å²) in [6, 6.07) is 12.8. The van der Waals surface area contributed by atoms with Gasteiger partial charge in [0.15, 0.2) is 0 Å². The predicted octanol–water partition coefficient (Wildman–Crippen LogP) is 4.57. The van der Waals surface area contributed by atoms with E-state index in [1.165, 1.54) is 21.4 Å².